The summed E-state index contributed by atoms with van der Waals surface area (Å²) in [5.74, 6) is 0.0574. The maximum absolute atomic E-state index is 12.6. The molecule has 122 valence electrons. The van der Waals surface area contributed by atoms with Crippen LogP contribution in [0, 0.1) is 0 Å². The predicted molar refractivity (Wildman–Crippen MR) is 94.9 cm³/mol. The molecule has 2 aromatic rings. The van der Waals surface area contributed by atoms with Crippen molar-refractivity contribution in [3.63, 3.8) is 0 Å². The van der Waals surface area contributed by atoms with E-state index in [1.807, 2.05) is 30.3 Å². The first-order chi connectivity index (χ1) is 11.3. The number of hydrogen-bond donors (Lipinski definition) is 2. The number of carbonyl (C=O) groups is 1. The Bertz CT molecular complexity index is 643. The van der Waals surface area contributed by atoms with Gasteiger partial charge in [-0.05, 0) is 24.8 Å². The lowest BCUT2D eigenvalue weighted by Crippen LogP contribution is -2.29. The highest BCUT2D eigenvalue weighted by Crippen LogP contribution is 2.38. The van der Waals surface area contributed by atoms with Crippen LogP contribution in [0.4, 0.5) is 5.13 Å². The third-order valence-electron chi connectivity index (χ3n) is 3.42. The lowest BCUT2D eigenvalue weighted by Gasteiger charge is -2.15. The number of thioether (sulfide) groups is 1. The van der Waals surface area contributed by atoms with Crippen LogP contribution in [-0.2, 0) is 4.79 Å². The van der Waals surface area contributed by atoms with Gasteiger partial charge in [0.25, 0.3) is 0 Å². The molecule has 23 heavy (non-hydrogen) atoms. The molecule has 1 aliphatic carbocycles. The van der Waals surface area contributed by atoms with E-state index in [1.54, 1.807) is 0 Å². The summed E-state index contributed by atoms with van der Waals surface area (Å²) in [5, 5.41) is 15.2. The smallest absolute Gasteiger partial charge is 0.238 e. The molecular weight excluding hydrogens is 328 g/mol. The molecule has 0 aliphatic heterocycles. The van der Waals surface area contributed by atoms with Gasteiger partial charge in [-0.1, -0.05) is 60.4 Å². The van der Waals surface area contributed by atoms with Crippen molar-refractivity contribution in [3.05, 3.63) is 35.9 Å². The van der Waals surface area contributed by atoms with Gasteiger partial charge in [0.2, 0.25) is 11.0 Å². The molecule has 1 amide bonds. The Morgan fingerprint density at radius 1 is 1.35 bits per heavy atom. The van der Waals surface area contributed by atoms with E-state index in [9.17, 15) is 4.79 Å². The molecule has 7 heteroatoms. The highest BCUT2D eigenvalue weighted by Gasteiger charge is 2.29. The van der Waals surface area contributed by atoms with Crippen molar-refractivity contribution in [2.75, 3.05) is 11.9 Å². The van der Waals surface area contributed by atoms with Gasteiger partial charge in [0, 0.05) is 12.6 Å². The number of amides is 1. The fourth-order valence-electron chi connectivity index (χ4n) is 2.07. The van der Waals surface area contributed by atoms with E-state index in [0.29, 0.717) is 6.04 Å². The summed E-state index contributed by atoms with van der Waals surface area (Å²) in [6, 6.07) is 10.2. The highest BCUT2D eigenvalue weighted by atomic mass is 32.2. The maximum Gasteiger partial charge on any atom is 0.238 e. The minimum absolute atomic E-state index is 0.0574. The molecule has 0 saturated heterocycles. The lowest BCUT2D eigenvalue weighted by atomic mass is 10.1. The third-order valence-corrected chi connectivity index (χ3v) is 5.64. The van der Waals surface area contributed by atoms with Crippen LogP contribution in [-0.4, -0.2) is 28.7 Å². The first-order valence-electron chi connectivity index (χ1n) is 7.85. The molecule has 0 radical (unpaired) electrons. The van der Waals surface area contributed by atoms with Gasteiger partial charge in [-0.3, -0.25) is 4.79 Å². The third kappa shape index (κ3) is 4.68. The van der Waals surface area contributed by atoms with E-state index >= 15 is 0 Å². The molecule has 0 unspecified atom stereocenters. The molecule has 1 fully saturated rings. The molecule has 1 saturated carbocycles. The zero-order chi connectivity index (χ0) is 16.1. The molecule has 0 spiro atoms. The minimum atomic E-state index is -0.288. The summed E-state index contributed by atoms with van der Waals surface area (Å²) in [7, 11) is 0. The van der Waals surface area contributed by atoms with Crippen LogP contribution < -0.4 is 10.6 Å². The summed E-state index contributed by atoms with van der Waals surface area (Å²) in [5.41, 5.74) is 0.994. The van der Waals surface area contributed by atoms with E-state index in [0.717, 1.165) is 40.8 Å². The zero-order valence-electron chi connectivity index (χ0n) is 13.0. The Labute approximate surface area is 144 Å². The Morgan fingerprint density at radius 3 is 2.83 bits per heavy atom. The number of aromatic nitrogens is 2. The summed E-state index contributed by atoms with van der Waals surface area (Å²) in [6.07, 6.45) is 3.21. The van der Waals surface area contributed by atoms with Gasteiger partial charge in [0.1, 0.15) is 5.25 Å². The average Bonchev–Trinajstić information content (AvgIpc) is 3.27. The Morgan fingerprint density at radius 2 is 2.13 bits per heavy atom. The fraction of sp³-hybridized carbons (Fsp3) is 0.438. The quantitative estimate of drug-likeness (QED) is 0.715. The molecular formula is C16H20N4OS2. The fourth-order valence-corrected chi connectivity index (χ4v) is 4.05. The summed E-state index contributed by atoms with van der Waals surface area (Å²) in [6.45, 7) is 2.99. The van der Waals surface area contributed by atoms with Crippen LogP contribution in [0.3, 0.4) is 0 Å². The molecule has 0 bridgehead atoms. The molecule has 3 rings (SSSR count). The van der Waals surface area contributed by atoms with Crippen LogP contribution >= 0.6 is 23.1 Å². The average molecular weight is 348 g/mol. The van der Waals surface area contributed by atoms with E-state index in [-0.39, 0.29) is 11.2 Å². The van der Waals surface area contributed by atoms with Crippen molar-refractivity contribution >= 4 is 34.1 Å². The van der Waals surface area contributed by atoms with Gasteiger partial charge in [0.05, 0.1) is 0 Å². The molecule has 1 aromatic carbocycles. The standard InChI is InChI=1S/C16H20N4OS2/c1-2-10-17-15-19-20-16(23-15)22-13(11-6-4-3-5-7-11)14(21)18-12-8-9-12/h3-7,12-13H,2,8-10H2,1H3,(H,17,19)(H,18,21)/t13-/m1/s1. The van der Waals surface area contributed by atoms with E-state index in [1.165, 1.54) is 23.1 Å². The number of benzene rings is 1. The second kappa shape index (κ2) is 7.79. The van der Waals surface area contributed by atoms with E-state index in [4.69, 9.17) is 0 Å². The van der Waals surface area contributed by atoms with Crippen LogP contribution in [0.2, 0.25) is 0 Å². The Hall–Kier alpha value is -1.60. The first-order valence-corrected chi connectivity index (χ1v) is 9.55. The number of nitrogens with one attached hydrogen (secondary N) is 2. The second-order valence-corrected chi connectivity index (χ2v) is 7.82. The molecule has 1 aromatic heterocycles. The Kier molecular flexibility index (Phi) is 5.51. The topological polar surface area (TPSA) is 66.9 Å². The van der Waals surface area contributed by atoms with Crippen molar-refractivity contribution in [1.29, 1.82) is 0 Å². The van der Waals surface area contributed by atoms with Gasteiger partial charge in [-0.2, -0.15) is 0 Å². The van der Waals surface area contributed by atoms with Crippen molar-refractivity contribution < 1.29 is 4.79 Å². The molecule has 1 aliphatic rings. The van der Waals surface area contributed by atoms with E-state index in [2.05, 4.69) is 27.8 Å². The summed E-state index contributed by atoms with van der Waals surface area (Å²) < 4.78 is 0.809. The molecule has 2 N–H and O–H groups in total. The zero-order valence-corrected chi connectivity index (χ0v) is 14.6. The highest BCUT2D eigenvalue weighted by molar-refractivity contribution is 8.01. The van der Waals surface area contributed by atoms with Crippen molar-refractivity contribution in [3.8, 4) is 0 Å². The number of carbonyl (C=O) groups excluding carboxylic acids is 1. The van der Waals surface area contributed by atoms with Crippen LogP contribution in [0.1, 0.15) is 37.0 Å². The number of hydrogen-bond acceptors (Lipinski definition) is 6. The normalized spacial score (nSPS) is 15.2. The Balaban J connectivity index is 1.72. The minimum Gasteiger partial charge on any atom is -0.360 e. The van der Waals surface area contributed by atoms with Crippen molar-refractivity contribution in [2.45, 2.75) is 41.8 Å². The maximum atomic E-state index is 12.6. The predicted octanol–water partition coefficient (Wildman–Crippen LogP) is 3.47. The van der Waals surface area contributed by atoms with Gasteiger partial charge >= 0.3 is 0 Å². The van der Waals surface area contributed by atoms with Gasteiger partial charge < -0.3 is 10.6 Å². The summed E-state index contributed by atoms with van der Waals surface area (Å²) in [4.78, 5) is 12.6. The first kappa shape index (κ1) is 16.3. The number of nitrogens with zero attached hydrogens (tertiary/aromatic N) is 2. The van der Waals surface area contributed by atoms with Crippen LogP contribution in [0.5, 0.6) is 0 Å². The van der Waals surface area contributed by atoms with Gasteiger partial charge in [-0.15, -0.1) is 10.2 Å². The lowest BCUT2D eigenvalue weighted by molar-refractivity contribution is -0.120. The monoisotopic (exact) mass is 348 g/mol. The molecule has 1 heterocycles. The largest absolute Gasteiger partial charge is 0.360 e. The number of rotatable bonds is 8. The van der Waals surface area contributed by atoms with E-state index < -0.39 is 0 Å². The second-order valence-electron chi connectivity index (χ2n) is 5.49. The van der Waals surface area contributed by atoms with Gasteiger partial charge in [-0.25, -0.2) is 0 Å². The molecule has 1 atom stereocenters. The molecule has 5 nitrogen and oxygen atoms in total. The van der Waals surface area contributed by atoms with Gasteiger partial charge in [0.15, 0.2) is 4.34 Å². The SMILES string of the molecule is CCCNc1nnc(S[C@@H](C(=O)NC2CC2)c2ccccc2)s1. The van der Waals surface area contributed by atoms with Crippen LogP contribution in [0.25, 0.3) is 0 Å². The number of anilines is 1. The van der Waals surface area contributed by atoms with Crippen molar-refractivity contribution in [1.82, 2.24) is 15.5 Å². The van der Waals surface area contributed by atoms with Crippen molar-refractivity contribution in [2.24, 2.45) is 0 Å². The summed E-state index contributed by atoms with van der Waals surface area (Å²) >= 11 is 2.96. The van der Waals surface area contributed by atoms with Crippen LogP contribution in [0.15, 0.2) is 34.7 Å².